The molecule has 2 aliphatic heterocycles. The number of thiophene rings is 1. The van der Waals surface area contributed by atoms with Crippen LogP contribution >= 0.6 is 11.3 Å². The molecule has 4 aromatic heterocycles. The smallest absolute Gasteiger partial charge is 0.190 e. The molecule has 2 atom stereocenters. The summed E-state index contributed by atoms with van der Waals surface area (Å²) in [5.41, 5.74) is 12.4. The summed E-state index contributed by atoms with van der Waals surface area (Å²) in [6, 6.07) is 49.6. The van der Waals surface area contributed by atoms with Crippen molar-refractivity contribution in [3.63, 3.8) is 0 Å². The molecule has 0 radical (unpaired) electrons. The molecule has 4 heteroatoms. The van der Waals surface area contributed by atoms with Gasteiger partial charge in [-0.05, 0) is 61.9 Å². The van der Waals surface area contributed by atoms with E-state index < -0.39 is 5.54 Å². The Kier molecular flexibility index (Phi) is 5.92. The summed E-state index contributed by atoms with van der Waals surface area (Å²) in [6.45, 7) is 5.23. The molecule has 0 saturated heterocycles. The molecule has 8 aromatic rings. The van der Waals surface area contributed by atoms with E-state index in [1.807, 2.05) is 11.3 Å². The van der Waals surface area contributed by atoms with Crippen molar-refractivity contribution in [2.75, 3.05) is 0 Å². The van der Waals surface area contributed by atoms with Gasteiger partial charge >= 0.3 is 5.54 Å². The quantitative estimate of drug-likeness (QED) is 0.172. The van der Waals surface area contributed by atoms with Crippen LogP contribution in [0.5, 0.6) is 0 Å². The number of aromatic nitrogens is 3. The maximum absolute atomic E-state index is 2.63. The highest BCUT2D eigenvalue weighted by Gasteiger charge is 2.66. The highest BCUT2D eigenvalue weighted by molar-refractivity contribution is 7.26. The zero-order valence-corrected chi connectivity index (χ0v) is 27.8. The maximum Gasteiger partial charge on any atom is 0.318 e. The highest BCUT2D eigenvalue weighted by atomic mass is 32.1. The van der Waals surface area contributed by atoms with E-state index in [9.17, 15) is 0 Å². The van der Waals surface area contributed by atoms with Crippen LogP contribution in [0.3, 0.4) is 0 Å². The van der Waals surface area contributed by atoms with Crippen molar-refractivity contribution in [2.24, 2.45) is 0 Å². The highest BCUT2D eigenvalue weighted by Crippen LogP contribution is 2.51. The molecule has 6 heterocycles. The number of aryl methyl sites for hydroxylation is 2. The summed E-state index contributed by atoms with van der Waals surface area (Å²) in [5, 5.41) is 2.66. The molecule has 0 N–H and O–H groups in total. The minimum atomic E-state index is -0.530. The number of rotatable bonds is 3. The van der Waals surface area contributed by atoms with Crippen LogP contribution in [0.4, 0.5) is 0 Å². The normalized spacial score (nSPS) is 17.6. The fraction of sp³-hybridized carbons (Fsp3) is 0.114. The average molecular weight is 637 g/mol. The van der Waals surface area contributed by atoms with Gasteiger partial charge in [-0.25, -0.2) is 0 Å². The molecule has 0 fully saturated rings. The van der Waals surface area contributed by atoms with Gasteiger partial charge in [0.15, 0.2) is 18.6 Å². The Labute approximate surface area is 284 Å². The van der Waals surface area contributed by atoms with Crippen molar-refractivity contribution >= 4 is 31.5 Å². The van der Waals surface area contributed by atoms with E-state index in [1.54, 1.807) is 0 Å². The van der Waals surface area contributed by atoms with E-state index in [1.165, 1.54) is 76.2 Å². The number of pyridine rings is 3. The lowest BCUT2D eigenvalue weighted by molar-refractivity contribution is -0.866. The first kappa shape index (κ1) is 27.6. The van der Waals surface area contributed by atoms with Crippen molar-refractivity contribution in [1.29, 1.82) is 0 Å². The van der Waals surface area contributed by atoms with Gasteiger partial charge in [0.05, 0.1) is 16.7 Å². The second kappa shape index (κ2) is 10.3. The van der Waals surface area contributed by atoms with E-state index >= 15 is 0 Å². The first-order valence-electron chi connectivity index (χ1n) is 16.8. The molecule has 0 saturated carbocycles. The van der Waals surface area contributed by atoms with Gasteiger partial charge in [-0.3, -0.25) is 0 Å². The largest absolute Gasteiger partial charge is 0.318 e. The molecule has 228 valence electrons. The van der Waals surface area contributed by atoms with E-state index in [0.29, 0.717) is 0 Å². The fourth-order valence-electron chi connectivity index (χ4n) is 8.73. The zero-order valence-electron chi connectivity index (χ0n) is 27.0. The Balaban J connectivity index is 1.41. The van der Waals surface area contributed by atoms with E-state index in [0.717, 1.165) is 6.54 Å². The molecule has 3 nitrogen and oxygen atoms in total. The Morgan fingerprint density at radius 1 is 0.625 bits per heavy atom. The SMILES string of the molecule is Cc1ccc2[n+](c1)CC(C1c3ccccc3-c3cccc[n+]31)([n+]1ccccc1-c1ccccc1C)c1ccc3c(sc4ccccc43)c1-2. The topological polar surface area (TPSA) is 11.6 Å². The van der Waals surface area contributed by atoms with Crippen molar-refractivity contribution in [3.05, 3.63) is 174 Å². The fourth-order valence-corrected chi connectivity index (χ4v) is 9.99. The molecule has 0 amide bonds. The minimum absolute atomic E-state index is 0.00758. The monoisotopic (exact) mass is 636 g/mol. The Hall–Kier alpha value is -5.45. The van der Waals surface area contributed by atoms with Crippen LogP contribution in [0.2, 0.25) is 0 Å². The maximum atomic E-state index is 2.63. The summed E-state index contributed by atoms with van der Waals surface area (Å²) in [7, 11) is 0. The molecule has 4 aromatic carbocycles. The second-order valence-electron chi connectivity index (χ2n) is 13.4. The minimum Gasteiger partial charge on any atom is -0.190 e. The second-order valence-corrected chi connectivity index (χ2v) is 14.4. The summed E-state index contributed by atoms with van der Waals surface area (Å²) >= 11 is 1.93. The molecule has 0 bridgehead atoms. The molecule has 2 aliphatic rings. The zero-order chi connectivity index (χ0) is 32.0. The standard InChI is InChI=1S/C44H34N3S/c1-29-21-24-39-41-36(23-22-34-33-16-7-8-20-40(33)48-42(34)41)44(28-45(39)27-29,47-26-12-10-19-38(47)31-14-4-3-13-30(31)2)43-35-17-6-5-15-32(35)37-18-9-11-25-46(37)43/h3-27,43H,28H2,1-2H3/q+3. The van der Waals surface area contributed by atoms with Crippen LogP contribution in [0.15, 0.2) is 152 Å². The first-order chi connectivity index (χ1) is 23.6. The average Bonchev–Trinajstić information content (AvgIpc) is 3.68. The van der Waals surface area contributed by atoms with Crippen molar-refractivity contribution in [3.8, 4) is 33.8 Å². The number of nitrogens with zero attached hydrogens (tertiary/aromatic N) is 3. The van der Waals surface area contributed by atoms with Gasteiger partial charge in [0.1, 0.15) is 0 Å². The first-order valence-corrected chi connectivity index (χ1v) is 17.6. The molecule has 2 unspecified atom stereocenters. The third kappa shape index (κ3) is 3.72. The van der Waals surface area contributed by atoms with E-state index in [-0.39, 0.29) is 6.04 Å². The van der Waals surface area contributed by atoms with Gasteiger partial charge in [0, 0.05) is 67.2 Å². The van der Waals surface area contributed by atoms with Crippen LogP contribution in [0, 0.1) is 13.8 Å². The van der Waals surface area contributed by atoms with E-state index in [2.05, 4.69) is 180 Å². The van der Waals surface area contributed by atoms with Crippen molar-refractivity contribution < 1.29 is 13.7 Å². The van der Waals surface area contributed by atoms with Crippen LogP contribution in [-0.2, 0) is 12.1 Å². The third-order valence-electron chi connectivity index (χ3n) is 10.7. The predicted molar refractivity (Wildman–Crippen MR) is 194 cm³/mol. The van der Waals surface area contributed by atoms with Gasteiger partial charge in [0.25, 0.3) is 6.04 Å². The number of hydrogen-bond donors (Lipinski definition) is 0. The van der Waals surface area contributed by atoms with Gasteiger partial charge < -0.3 is 0 Å². The molecule has 48 heavy (non-hydrogen) atoms. The Morgan fingerprint density at radius 3 is 2.27 bits per heavy atom. The lowest BCUT2D eigenvalue weighted by atomic mass is 9.73. The molecule has 0 spiro atoms. The molecular formula is C44H34N3S+3. The molecular weight excluding hydrogens is 603 g/mol. The number of benzene rings is 4. The lowest BCUT2D eigenvalue weighted by Gasteiger charge is -2.34. The van der Waals surface area contributed by atoms with E-state index in [4.69, 9.17) is 0 Å². The van der Waals surface area contributed by atoms with Crippen LogP contribution in [0.25, 0.3) is 53.9 Å². The summed E-state index contributed by atoms with van der Waals surface area (Å²) < 4.78 is 10.4. The predicted octanol–water partition coefficient (Wildman–Crippen LogP) is 8.90. The Morgan fingerprint density at radius 2 is 1.38 bits per heavy atom. The van der Waals surface area contributed by atoms with Crippen LogP contribution in [-0.4, -0.2) is 0 Å². The molecule has 10 rings (SSSR count). The van der Waals surface area contributed by atoms with Gasteiger partial charge in [-0.2, -0.15) is 13.7 Å². The van der Waals surface area contributed by atoms with Crippen LogP contribution in [0.1, 0.15) is 28.3 Å². The summed E-state index contributed by atoms with van der Waals surface area (Å²) in [5.74, 6) is 0. The van der Waals surface area contributed by atoms with Crippen LogP contribution < -0.4 is 13.7 Å². The van der Waals surface area contributed by atoms with Crippen molar-refractivity contribution in [2.45, 2.75) is 32.0 Å². The third-order valence-corrected chi connectivity index (χ3v) is 11.9. The summed E-state index contributed by atoms with van der Waals surface area (Å²) in [6.07, 6.45) is 7.01. The lowest BCUT2D eigenvalue weighted by Crippen LogP contribution is -2.73. The number of fused-ring (bicyclic) bond motifs is 10. The van der Waals surface area contributed by atoms with Gasteiger partial charge in [-0.15, -0.1) is 11.3 Å². The molecule has 0 aliphatic carbocycles. The number of hydrogen-bond acceptors (Lipinski definition) is 1. The van der Waals surface area contributed by atoms with Gasteiger partial charge in [0.2, 0.25) is 23.6 Å². The van der Waals surface area contributed by atoms with Gasteiger partial charge in [-0.1, -0.05) is 60.7 Å². The summed E-state index contributed by atoms with van der Waals surface area (Å²) in [4.78, 5) is 0. The Bertz CT molecular complexity index is 2550. The van der Waals surface area contributed by atoms with Crippen molar-refractivity contribution in [1.82, 2.24) is 0 Å².